The van der Waals surface area contributed by atoms with Crippen molar-refractivity contribution in [3.05, 3.63) is 0 Å². The van der Waals surface area contributed by atoms with Crippen LogP contribution in [-0.4, -0.2) is 17.0 Å². The Morgan fingerprint density at radius 2 is 2.29 bits per heavy atom. The van der Waals surface area contributed by atoms with E-state index in [-0.39, 0.29) is 5.88 Å². The van der Waals surface area contributed by atoms with E-state index in [1.165, 1.54) is 0 Å². The fourth-order valence-corrected chi connectivity index (χ4v) is 0.0945. The van der Waals surface area contributed by atoms with Gasteiger partial charge in [0, 0.05) is 5.88 Å². The standard InChI is InChI=1S/C4H6Cl2O/c1-4(6,2-5)3-7/h3H,2H2,1H3/t4-/m0/s1. The van der Waals surface area contributed by atoms with Crippen molar-refractivity contribution in [3.63, 3.8) is 0 Å². The van der Waals surface area contributed by atoms with Gasteiger partial charge in [0.15, 0.2) is 0 Å². The summed E-state index contributed by atoms with van der Waals surface area (Å²) in [7, 11) is 0. The summed E-state index contributed by atoms with van der Waals surface area (Å²) in [5.74, 6) is 0.165. The van der Waals surface area contributed by atoms with E-state index in [2.05, 4.69) is 0 Å². The van der Waals surface area contributed by atoms with Gasteiger partial charge in [0.2, 0.25) is 0 Å². The highest BCUT2D eigenvalue weighted by Crippen LogP contribution is 2.11. The zero-order chi connectivity index (χ0) is 5.91. The summed E-state index contributed by atoms with van der Waals surface area (Å²) < 4.78 is 0. The SMILES string of the molecule is C[C@@](Cl)(C=O)CCl. The van der Waals surface area contributed by atoms with Crippen LogP contribution in [0.25, 0.3) is 0 Å². The molecule has 0 bridgehead atoms. The minimum Gasteiger partial charge on any atom is -0.301 e. The molecule has 0 aliphatic carbocycles. The van der Waals surface area contributed by atoms with E-state index in [0.717, 1.165) is 0 Å². The Balaban J connectivity index is 3.58. The fraction of sp³-hybridized carbons (Fsp3) is 0.750. The average Bonchev–Trinajstić information content (AvgIpc) is 1.68. The molecule has 0 spiro atoms. The lowest BCUT2D eigenvalue weighted by atomic mass is 10.2. The Labute approximate surface area is 52.6 Å². The monoisotopic (exact) mass is 140 g/mol. The first-order chi connectivity index (χ1) is 3.12. The van der Waals surface area contributed by atoms with Crippen LogP contribution in [0.3, 0.4) is 0 Å². The summed E-state index contributed by atoms with van der Waals surface area (Å²) in [5.41, 5.74) is 0. The summed E-state index contributed by atoms with van der Waals surface area (Å²) in [6, 6.07) is 0. The molecule has 0 aromatic rings. The van der Waals surface area contributed by atoms with Gasteiger partial charge in [0.1, 0.15) is 11.2 Å². The summed E-state index contributed by atoms with van der Waals surface area (Å²) in [4.78, 5) is 8.98. The maximum atomic E-state index is 9.84. The lowest BCUT2D eigenvalue weighted by Crippen LogP contribution is -2.19. The molecule has 0 saturated heterocycles. The van der Waals surface area contributed by atoms with E-state index in [1.54, 1.807) is 6.92 Å². The maximum absolute atomic E-state index is 9.84. The van der Waals surface area contributed by atoms with Crippen LogP contribution in [0.15, 0.2) is 0 Å². The number of carbonyl (C=O) groups is 1. The number of carbonyl (C=O) groups excluding carboxylic acids is 1. The van der Waals surface area contributed by atoms with Crippen LogP contribution in [0.1, 0.15) is 6.92 Å². The molecular weight excluding hydrogens is 135 g/mol. The normalized spacial score (nSPS) is 18.1. The van der Waals surface area contributed by atoms with Crippen molar-refractivity contribution in [2.75, 3.05) is 5.88 Å². The molecule has 0 N–H and O–H groups in total. The number of alkyl halides is 2. The van der Waals surface area contributed by atoms with Gasteiger partial charge in [-0.1, -0.05) is 0 Å². The highest BCUT2D eigenvalue weighted by molar-refractivity contribution is 6.36. The van der Waals surface area contributed by atoms with Gasteiger partial charge in [-0.15, -0.1) is 23.2 Å². The Morgan fingerprint density at radius 1 is 1.86 bits per heavy atom. The highest BCUT2D eigenvalue weighted by Gasteiger charge is 2.16. The molecule has 1 atom stereocenters. The van der Waals surface area contributed by atoms with Crippen molar-refractivity contribution >= 4 is 29.5 Å². The van der Waals surface area contributed by atoms with Crippen LogP contribution in [0, 0.1) is 0 Å². The fourth-order valence-electron chi connectivity index (χ4n) is 0.0315. The Kier molecular flexibility index (Phi) is 2.62. The number of hydrogen-bond donors (Lipinski definition) is 0. The molecule has 42 valence electrons. The van der Waals surface area contributed by atoms with Gasteiger partial charge in [-0.25, -0.2) is 0 Å². The number of aldehydes is 1. The smallest absolute Gasteiger partial charge is 0.141 e. The third-order valence-electron chi connectivity index (χ3n) is 0.507. The molecule has 0 unspecified atom stereocenters. The summed E-state index contributed by atoms with van der Waals surface area (Å²) in [5, 5.41) is 0. The Hall–Kier alpha value is 0.250. The van der Waals surface area contributed by atoms with Crippen molar-refractivity contribution in [2.45, 2.75) is 11.8 Å². The van der Waals surface area contributed by atoms with Crippen molar-refractivity contribution in [3.8, 4) is 0 Å². The summed E-state index contributed by atoms with van der Waals surface area (Å²) in [6.45, 7) is 1.56. The molecular formula is C4H6Cl2O. The van der Waals surface area contributed by atoms with E-state index >= 15 is 0 Å². The predicted molar refractivity (Wildman–Crippen MR) is 31.0 cm³/mol. The number of hydrogen-bond acceptors (Lipinski definition) is 1. The molecule has 0 radical (unpaired) electrons. The number of rotatable bonds is 2. The Morgan fingerprint density at radius 3 is 2.29 bits per heavy atom. The molecule has 1 nitrogen and oxygen atoms in total. The van der Waals surface area contributed by atoms with Crippen LogP contribution < -0.4 is 0 Å². The lowest BCUT2D eigenvalue weighted by Gasteiger charge is -2.05. The van der Waals surface area contributed by atoms with Gasteiger partial charge in [0.25, 0.3) is 0 Å². The zero-order valence-corrected chi connectivity index (χ0v) is 5.46. The van der Waals surface area contributed by atoms with Gasteiger partial charge in [-0.2, -0.15) is 0 Å². The molecule has 0 amide bonds. The van der Waals surface area contributed by atoms with Crippen molar-refractivity contribution in [1.82, 2.24) is 0 Å². The molecule has 0 aliphatic heterocycles. The van der Waals surface area contributed by atoms with Gasteiger partial charge in [-0.05, 0) is 6.92 Å². The third kappa shape index (κ3) is 2.89. The van der Waals surface area contributed by atoms with E-state index < -0.39 is 4.87 Å². The van der Waals surface area contributed by atoms with Crippen LogP contribution in [0.5, 0.6) is 0 Å². The second-order valence-electron chi connectivity index (χ2n) is 1.53. The molecule has 0 saturated carbocycles. The van der Waals surface area contributed by atoms with Crippen molar-refractivity contribution < 1.29 is 4.79 Å². The van der Waals surface area contributed by atoms with Crippen LogP contribution in [0.2, 0.25) is 0 Å². The van der Waals surface area contributed by atoms with Gasteiger partial charge >= 0.3 is 0 Å². The van der Waals surface area contributed by atoms with Crippen LogP contribution in [0.4, 0.5) is 0 Å². The van der Waals surface area contributed by atoms with Gasteiger partial charge < -0.3 is 4.79 Å². The van der Waals surface area contributed by atoms with E-state index in [0.29, 0.717) is 6.29 Å². The second kappa shape index (κ2) is 2.53. The molecule has 0 aromatic heterocycles. The molecule has 0 rings (SSSR count). The molecule has 0 fully saturated rings. The lowest BCUT2D eigenvalue weighted by molar-refractivity contribution is -0.109. The third-order valence-corrected chi connectivity index (χ3v) is 1.42. The van der Waals surface area contributed by atoms with Crippen molar-refractivity contribution in [1.29, 1.82) is 0 Å². The zero-order valence-electron chi connectivity index (χ0n) is 3.95. The molecule has 0 aromatic carbocycles. The second-order valence-corrected chi connectivity index (χ2v) is 2.66. The number of halogens is 2. The van der Waals surface area contributed by atoms with Crippen LogP contribution >= 0.6 is 23.2 Å². The average molecular weight is 141 g/mol. The maximum Gasteiger partial charge on any atom is 0.141 e. The largest absolute Gasteiger partial charge is 0.301 e. The quantitative estimate of drug-likeness (QED) is 0.419. The molecule has 0 aliphatic rings. The van der Waals surface area contributed by atoms with Crippen molar-refractivity contribution in [2.24, 2.45) is 0 Å². The first-order valence-corrected chi connectivity index (χ1v) is 2.75. The Bertz CT molecular complexity index is 70.1. The highest BCUT2D eigenvalue weighted by atomic mass is 35.5. The predicted octanol–water partition coefficient (Wildman–Crippen LogP) is 1.42. The first kappa shape index (κ1) is 7.25. The minimum absolute atomic E-state index is 0.165. The molecule has 3 heteroatoms. The summed E-state index contributed by atoms with van der Waals surface area (Å²) in [6.07, 6.45) is 0.627. The van der Waals surface area contributed by atoms with E-state index in [4.69, 9.17) is 23.2 Å². The van der Waals surface area contributed by atoms with Gasteiger partial charge in [-0.3, -0.25) is 0 Å². The van der Waals surface area contributed by atoms with E-state index in [9.17, 15) is 4.79 Å². The van der Waals surface area contributed by atoms with Gasteiger partial charge in [0.05, 0.1) is 0 Å². The summed E-state index contributed by atoms with van der Waals surface area (Å²) >= 11 is 10.6. The molecule has 7 heavy (non-hydrogen) atoms. The molecule has 0 heterocycles. The minimum atomic E-state index is -0.860. The first-order valence-electron chi connectivity index (χ1n) is 1.83. The van der Waals surface area contributed by atoms with E-state index in [1.807, 2.05) is 0 Å². The van der Waals surface area contributed by atoms with Crippen LogP contribution in [-0.2, 0) is 4.79 Å². The topological polar surface area (TPSA) is 17.1 Å².